The fourth-order valence-corrected chi connectivity index (χ4v) is 5.42. The lowest BCUT2D eigenvalue weighted by Gasteiger charge is -2.33. The van der Waals surface area contributed by atoms with Crippen LogP contribution in [0, 0.1) is 5.92 Å². The minimum atomic E-state index is -4.69. The van der Waals surface area contributed by atoms with E-state index in [0.29, 0.717) is 19.4 Å². The molecular weight excluding hydrogens is 533 g/mol. The highest BCUT2D eigenvalue weighted by molar-refractivity contribution is 6.03. The summed E-state index contributed by atoms with van der Waals surface area (Å²) in [5, 5.41) is 5.54. The van der Waals surface area contributed by atoms with Crippen LogP contribution in [-0.2, 0) is 22.2 Å². The molecule has 0 unspecified atom stereocenters. The maximum atomic E-state index is 14.0. The monoisotopic (exact) mass is 568 g/mol. The van der Waals surface area contributed by atoms with Crippen LogP contribution in [0.4, 0.5) is 18.0 Å². The Kier molecular flexibility index (Phi) is 9.20. The minimum Gasteiger partial charge on any atom is -0.354 e. The van der Waals surface area contributed by atoms with Gasteiger partial charge in [-0.05, 0) is 42.4 Å². The molecule has 41 heavy (non-hydrogen) atoms. The first kappa shape index (κ1) is 29.9. The van der Waals surface area contributed by atoms with E-state index in [1.807, 2.05) is 44.2 Å². The molecule has 0 aliphatic carbocycles. The Balaban J connectivity index is 1.62. The molecule has 2 aromatic rings. The average Bonchev–Trinajstić information content (AvgIpc) is 3.27. The zero-order valence-corrected chi connectivity index (χ0v) is 23.2. The van der Waals surface area contributed by atoms with Crippen LogP contribution < -0.4 is 10.6 Å². The number of amides is 4. The first-order chi connectivity index (χ1) is 19.5. The van der Waals surface area contributed by atoms with Crippen molar-refractivity contribution in [3.8, 4) is 0 Å². The number of hydrogen-bond donors (Lipinski definition) is 2. The minimum absolute atomic E-state index is 0.0359. The van der Waals surface area contributed by atoms with Crippen LogP contribution in [0.3, 0.4) is 0 Å². The van der Waals surface area contributed by atoms with Crippen molar-refractivity contribution in [2.45, 2.75) is 51.4 Å². The highest BCUT2D eigenvalue weighted by Crippen LogP contribution is 2.42. The third-order valence-corrected chi connectivity index (χ3v) is 7.30. The van der Waals surface area contributed by atoms with E-state index in [0.717, 1.165) is 18.1 Å². The number of hydrogen-bond acceptors (Lipinski definition) is 3. The number of carbonyl (C=O) groups is 3. The van der Waals surface area contributed by atoms with Crippen molar-refractivity contribution in [3.63, 3.8) is 0 Å². The standard InChI is InChI=1S/C31H35F3N4O3/c1-4-17-37-25-19-38(24(18-20(2)3)28(39)35-16-10-13-21-11-6-5-7-12-21)29(40)26(25)27(36-30(37)41)22-14-8-9-15-23(22)31(32,33)34/h4-9,11-12,14-15,20,24,27H,1,10,13,16-19H2,2-3H3,(H,35,39)(H,36,41)/t24-,27+/m1/s1. The quantitative estimate of drug-likeness (QED) is 0.288. The molecule has 2 heterocycles. The molecule has 0 saturated carbocycles. The van der Waals surface area contributed by atoms with Crippen LogP contribution in [0.2, 0.25) is 0 Å². The number of urea groups is 1. The van der Waals surface area contributed by atoms with Crippen molar-refractivity contribution in [2.75, 3.05) is 19.6 Å². The van der Waals surface area contributed by atoms with E-state index in [4.69, 9.17) is 0 Å². The molecule has 2 atom stereocenters. The van der Waals surface area contributed by atoms with Crippen LogP contribution in [0.1, 0.15) is 49.4 Å². The molecule has 4 rings (SSSR count). The van der Waals surface area contributed by atoms with Gasteiger partial charge in [-0.1, -0.05) is 68.5 Å². The van der Waals surface area contributed by atoms with Gasteiger partial charge in [-0.25, -0.2) is 4.79 Å². The largest absolute Gasteiger partial charge is 0.416 e. The molecule has 2 aromatic carbocycles. The van der Waals surface area contributed by atoms with Crippen molar-refractivity contribution < 1.29 is 27.6 Å². The zero-order valence-electron chi connectivity index (χ0n) is 23.2. The van der Waals surface area contributed by atoms with Gasteiger partial charge in [0, 0.05) is 13.1 Å². The van der Waals surface area contributed by atoms with Gasteiger partial charge in [-0.2, -0.15) is 13.2 Å². The molecule has 218 valence electrons. The molecule has 0 spiro atoms. The van der Waals surface area contributed by atoms with Crippen LogP contribution in [0.5, 0.6) is 0 Å². The second kappa shape index (κ2) is 12.6. The van der Waals surface area contributed by atoms with E-state index in [9.17, 15) is 27.6 Å². The Hall–Kier alpha value is -4.08. The van der Waals surface area contributed by atoms with E-state index >= 15 is 0 Å². The van der Waals surface area contributed by atoms with Crippen LogP contribution >= 0.6 is 0 Å². The number of nitrogens with one attached hydrogen (secondary N) is 2. The van der Waals surface area contributed by atoms with E-state index < -0.39 is 35.8 Å². The van der Waals surface area contributed by atoms with Gasteiger partial charge in [-0.15, -0.1) is 6.58 Å². The van der Waals surface area contributed by atoms with E-state index in [1.165, 1.54) is 34.1 Å². The molecule has 0 aromatic heterocycles. The molecule has 0 fully saturated rings. The van der Waals surface area contributed by atoms with Gasteiger partial charge in [0.1, 0.15) is 6.04 Å². The Morgan fingerprint density at radius 1 is 1.12 bits per heavy atom. The lowest BCUT2D eigenvalue weighted by molar-refractivity contribution is -0.139. The first-order valence-electron chi connectivity index (χ1n) is 13.7. The van der Waals surface area contributed by atoms with Crippen LogP contribution in [-0.4, -0.2) is 53.3 Å². The SMILES string of the molecule is C=CCN1C(=O)N[C@@H](c2ccccc2C(F)(F)F)C2=C1CN([C@H](CC(C)C)C(=O)NCCCc1ccccc1)C2=O. The van der Waals surface area contributed by atoms with Gasteiger partial charge >= 0.3 is 12.2 Å². The van der Waals surface area contributed by atoms with Gasteiger partial charge in [0.2, 0.25) is 5.91 Å². The summed E-state index contributed by atoms with van der Waals surface area (Å²) in [5.41, 5.74) is 0.312. The number of aryl methyl sites for hydroxylation is 1. The van der Waals surface area contributed by atoms with Gasteiger partial charge in [0.15, 0.2) is 0 Å². The molecule has 0 saturated heterocycles. The smallest absolute Gasteiger partial charge is 0.354 e. The van der Waals surface area contributed by atoms with Crippen molar-refractivity contribution >= 4 is 17.8 Å². The third-order valence-electron chi connectivity index (χ3n) is 7.30. The molecule has 2 aliphatic heterocycles. The number of rotatable bonds is 11. The fraction of sp³-hybridized carbons (Fsp3) is 0.387. The Bertz CT molecular complexity index is 1320. The first-order valence-corrected chi connectivity index (χ1v) is 13.7. The predicted octanol–water partition coefficient (Wildman–Crippen LogP) is 5.22. The summed E-state index contributed by atoms with van der Waals surface area (Å²) in [4.78, 5) is 43.2. The third kappa shape index (κ3) is 6.64. The average molecular weight is 569 g/mol. The number of alkyl halides is 3. The molecular formula is C31H35F3N4O3. The van der Waals surface area contributed by atoms with Crippen molar-refractivity contribution in [2.24, 2.45) is 5.92 Å². The highest BCUT2D eigenvalue weighted by atomic mass is 19.4. The topological polar surface area (TPSA) is 81.8 Å². The second-order valence-corrected chi connectivity index (χ2v) is 10.7. The second-order valence-electron chi connectivity index (χ2n) is 10.7. The zero-order chi connectivity index (χ0) is 29.7. The number of halogens is 3. The Morgan fingerprint density at radius 2 is 1.80 bits per heavy atom. The molecule has 0 radical (unpaired) electrons. The molecule has 7 nitrogen and oxygen atoms in total. The number of nitrogens with zero attached hydrogens (tertiary/aromatic N) is 2. The van der Waals surface area contributed by atoms with E-state index in [2.05, 4.69) is 17.2 Å². The maximum absolute atomic E-state index is 14.0. The van der Waals surface area contributed by atoms with Crippen molar-refractivity contribution in [3.05, 3.63) is 95.2 Å². The summed E-state index contributed by atoms with van der Waals surface area (Å²) >= 11 is 0. The lowest BCUT2D eigenvalue weighted by Crippen LogP contribution is -2.49. The highest BCUT2D eigenvalue weighted by Gasteiger charge is 2.48. The van der Waals surface area contributed by atoms with E-state index in [-0.39, 0.29) is 41.7 Å². The Morgan fingerprint density at radius 3 is 2.46 bits per heavy atom. The predicted molar refractivity (Wildman–Crippen MR) is 149 cm³/mol. The summed E-state index contributed by atoms with van der Waals surface area (Å²) in [5.74, 6) is -0.853. The van der Waals surface area contributed by atoms with Crippen molar-refractivity contribution in [1.82, 2.24) is 20.4 Å². The van der Waals surface area contributed by atoms with Gasteiger partial charge < -0.3 is 15.5 Å². The summed E-state index contributed by atoms with van der Waals surface area (Å²) < 4.78 is 41.8. The Labute approximate surface area is 238 Å². The maximum Gasteiger partial charge on any atom is 0.416 e. The van der Waals surface area contributed by atoms with Crippen LogP contribution in [0.15, 0.2) is 78.5 Å². The fourth-order valence-electron chi connectivity index (χ4n) is 5.42. The molecule has 2 N–H and O–H groups in total. The summed E-state index contributed by atoms with van der Waals surface area (Å²) in [6.45, 7) is 7.92. The van der Waals surface area contributed by atoms with Gasteiger partial charge in [-0.3, -0.25) is 14.5 Å². The summed E-state index contributed by atoms with van der Waals surface area (Å²) in [6, 6.07) is 12.0. The molecule has 10 heteroatoms. The normalized spacial score (nSPS) is 18.0. The van der Waals surface area contributed by atoms with Crippen LogP contribution in [0.25, 0.3) is 0 Å². The van der Waals surface area contributed by atoms with Crippen molar-refractivity contribution in [1.29, 1.82) is 0 Å². The molecule has 0 bridgehead atoms. The number of carbonyl (C=O) groups excluding carboxylic acids is 3. The molecule has 2 aliphatic rings. The lowest BCUT2D eigenvalue weighted by atomic mass is 9.91. The van der Waals surface area contributed by atoms with Gasteiger partial charge in [0.25, 0.3) is 5.91 Å². The van der Waals surface area contributed by atoms with Gasteiger partial charge in [0.05, 0.1) is 29.4 Å². The molecule has 4 amide bonds. The van der Waals surface area contributed by atoms with E-state index in [1.54, 1.807) is 0 Å². The number of benzene rings is 2. The summed E-state index contributed by atoms with van der Waals surface area (Å²) in [6.07, 6.45) is -1.38. The summed E-state index contributed by atoms with van der Waals surface area (Å²) in [7, 11) is 0.